The van der Waals surface area contributed by atoms with Gasteiger partial charge in [-0.15, -0.1) is 0 Å². The quantitative estimate of drug-likeness (QED) is 0.728. The van der Waals surface area contributed by atoms with Crippen molar-refractivity contribution in [2.75, 3.05) is 19.7 Å². The van der Waals surface area contributed by atoms with Crippen LogP contribution in [0.2, 0.25) is 0 Å². The molecule has 166 valence electrons. The van der Waals surface area contributed by atoms with Crippen LogP contribution in [0, 0.1) is 11.8 Å². The summed E-state index contributed by atoms with van der Waals surface area (Å²) < 4.78 is 5.54. The summed E-state index contributed by atoms with van der Waals surface area (Å²) in [5.41, 5.74) is 4.68. The van der Waals surface area contributed by atoms with E-state index in [0.29, 0.717) is 25.9 Å². The zero-order chi connectivity index (χ0) is 22.2. The molecule has 7 heteroatoms. The van der Waals surface area contributed by atoms with E-state index in [1.807, 2.05) is 24.3 Å². The molecule has 0 spiro atoms. The molecule has 3 aliphatic rings. The van der Waals surface area contributed by atoms with Gasteiger partial charge in [0.15, 0.2) is 0 Å². The number of carboxylic acids is 1. The van der Waals surface area contributed by atoms with Crippen LogP contribution in [-0.4, -0.2) is 53.7 Å². The van der Waals surface area contributed by atoms with Gasteiger partial charge in [0.2, 0.25) is 5.91 Å². The van der Waals surface area contributed by atoms with Crippen molar-refractivity contribution in [2.45, 2.75) is 31.2 Å². The number of nitrogens with one attached hydrogen (secondary N) is 1. The molecule has 0 radical (unpaired) electrons. The summed E-state index contributed by atoms with van der Waals surface area (Å²) in [6, 6.07) is 15.6. The summed E-state index contributed by atoms with van der Waals surface area (Å²) >= 11 is 0. The number of rotatable bonds is 6. The number of nitrogens with zero attached hydrogens (tertiary/aromatic N) is 1. The van der Waals surface area contributed by atoms with Crippen LogP contribution in [0.5, 0.6) is 0 Å². The molecule has 32 heavy (non-hydrogen) atoms. The molecule has 0 unspecified atom stereocenters. The number of carbonyl (C=O) groups is 3. The molecular weight excluding hydrogens is 408 g/mol. The van der Waals surface area contributed by atoms with Gasteiger partial charge in [-0.1, -0.05) is 48.5 Å². The third-order valence-electron chi connectivity index (χ3n) is 6.91. The Hall–Kier alpha value is -3.35. The summed E-state index contributed by atoms with van der Waals surface area (Å²) in [6.07, 6.45) is 1.41. The highest BCUT2D eigenvalue weighted by molar-refractivity contribution is 5.87. The normalized spacial score (nSPS) is 23.4. The second kappa shape index (κ2) is 8.30. The van der Waals surface area contributed by atoms with Crippen molar-refractivity contribution in [1.29, 1.82) is 0 Å². The number of ether oxygens (including phenoxy) is 1. The number of carbonyl (C=O) groups excluding carboxylic acids is 2. The fraction of sp³-hybridized carbons (Fsp3) is 0.400. The van der Waals surface area contributed by atoms with Crippen molar-refractivity contribution < 1.29 is 24.2 Å². The first-order valence-electron chi connectivity index (χ1n) is 11.2. The Kier molecular flexibility index (Phi) is 5.33. The van der Waals surface area contributed by atoms with Gasteiger partial charge in [0.25, 0.3) is 0 Å². The van der Waals surface area contributed by atoms with E-state index in [0.717, 1.165) is 17.5 Å². The SMILES string of the molecule is O=C(NC[C@@H]1C[C@@H]1C(=O)N1CCC[C@@H]1C(=O)O)OCC1c2ccccc2-c2ccccc21. The molecule has 2 fully saturated rings. The highest BCUT2D eigenvalue weighted by Crippen LogP contribution is 2.44. The lowest BCUT2D eigenvalue weighted by Crippen LogP contribution is -2.41. The van der Waals surface area contributed by atoms with Gasteiger partial charge in [0, 0.05) is 24.9 Å². The van der Waals surface area contributed by atoms with E-state index >= 15 is 0 Å². The summed E-state index contributed by atoms with van der Waals surface area (Å²) in [7, 11) is 0. The van der Waals surface area contributed by atoms with E-state index in [1.54, 1.807) is 0 Å². The molecule has 2 aliphatic carbocycles. The second-order valence-corrected chi connectivity index (χ2v) is 8.84. The Bertz CT molecular complexity index is 1020. The van der Waals surface area contributed by atoms with Crippen molar-refractivity contribution in [3.05, 3.63) is 59.7 Å². The number of amides is 2. The number of aliphatic carboxylic acids is 1. The van der Waals surface area contributed by atoms with Crippen molar-refractivity contribution in [2.24, 2.45) is 11.8 Å². The molecule has 5 rings (SSSR count). The molecule has 1 saturated heterocycles. The Morgan fingerprint density at radius 2 is 1.69 bits per heavy atom. The maximum atomic E-state index is 12.6. The number of likely N-dealkylation sites (tertiary alicyclic amines) is 1. The van der Waals surface area contributed by atoms with Crippen LogP contribution >= 0.6 is 0 Å². The Balaban J connectivity index is 1.12. The van der Waals surface area contributed by atoms with E-state index in [4.69, 9.17) is 4.74 Å². The largest absolute Gasteiger partial charge is 0.480 e. The van der Waals surface area contributed by atoms with Crippen molar-refractivity contribution in [1.82, 2.24) is 10.2 Å². The van der Waals surface area contributed by atoms with E-state index in [-0.39, 0.29) is 30.3 Å². The van der Waals surface area contributed by atoms with E-state index in [2.05, 4.69) is 29.6 Å². The predicted molar refractivity (Wildman–Crippen MR) is 117 cm³/mol. The smallest absolute Gasteiger partial charge is 0.407 e. The molecule has 2 aromatic carbocycles. The van der Waals surface area contributed by atoms with E-state index in [1.165, 1.54) is 16.0 Å². The van der Waals surface area contributed by atoms with E-state index in [9.17, 15) is 19.5 Å². The number of fused-ring (bicyclic) bond motifs is 3. The van der Waals surface area contributed by atoms with Crippen molar-refractivity contribution >= 4 is 18.0 Å². The minimum atomic E-state index is -0.940. The maximum Gasteiger partial charge on any atom is 0.407 e. The lowest BCUT2D eigenvalue weighted by Gasteiger charge is -2.21. The summed E-state index contributed by atoms with van der Waals surface area (Å²) in [5.74, 6) is -1.20. The van der Waals surface area contributed by atoms with Gasteiger partial charge < -0.3 is 20.1 Å². The number of benzene rings is 2. The molecule has 0 bridgehead atoms. The number of hydrogen-bond acceptors (Lipinski definition) is 4. The standard InChI is InChI=1S/C25H26N2O5/c28-23(27-11-5-10-22(27)24(29)30)20-12-15(20)13-26-25(31)32-14-21-18-8-3-1-6-16(18)17-7-2-4-9-19(17)21/h1-4,6-9,15,20-22H,5,10-14H2,(H,26,31)(H,29,30)/t15-,20-,22+/m0/s1. The molecule has 3 atom stereocenters. The maximum absolute atomic E-state index is 12.6. The van der Waals surface area contributed by atoms with Gasteiger partial charge in [0.05, 0.1) is 0 Å². The Morgan fingerprint density at radius 3 is 2.34 bits per heavy atom. The Labute approximate surface area is 186 Å². The van der Waals surface area contributed by atoms with Crippen LogP contribution < -0.4 is 5.32 Å². The first-order chi connectivity index (χ1) is 15.5. The minimum Gasteiger partial charge on any atom is -0.480 e. The molecule has 7 nitrogen and oxygen atoms in total. The van der Waals surface area contributed by atoms with E-state index < -0.39 is 18.1 Å². The van der Waals surface area contributed by atoms with Gasteiger partial charge in [-0.2, -0.15) is 0 Å². The monoisotopic (exact) mass is 434 g/mol. The van der Waals surface area contributed by atoms with Crippen LogP contribution in [0.3, 0.4) is 0 Å². The number of hydrogen-bond donors (Lipinski definition) is 2. The first-order valence-corrected chi connectivity index (χ1v) is 11.2. The third kappa shape index (κ3) is 3.72. The lowest BCUT2D eigenvalue weighted by atomic mass is 9.98. The molecule has 1 aliphatic heterocycles. The molecule has 1 saturated carbocycles. The highest BCUT2D eigenvalue weighted by Gasteiger charge is 2.48. The summed E-state index contributed by atoms with van der Waals surface area (Å²) in [4.78, 5) is 37.8. The average molecular weight is 434 g/mol. The van der Waals surface area contributed by atoms with Gasteiger partial charge in [-0.05, 0) is 47.4 Å². The zero-order valence-corrected chi connectivity index (χ0v) is 17.7. The molecule has 2 N–H and O–H groups in total. The predicted octanol–water partition coefficient (Wildman–Crippen LogP) is 3.24. The summed E-state index contributed by atoms with van der Waals surface area (Å²) in [5, 5.41) is 12.1. The van der Waals surface area contributed by atoms with Gasteiger partial charge in [-0.3, -0.25) is 4.79 Å². The zero-order valence-electron chi connectivity index (χ0n) is 17.7. The molecule has 0 aromatic heterocycles. The van der Waals surface area contributed by atoms with Gasteiger partial charge in [0.1, 0.15) is 12.6 Å². The van der Waals surface area contributed by atoms with Crippen LogP contribution in [-0.2, 0) is 14.3 Å². The topological polar surface area (TPSA) is 95.9 Å². The second-order valence-electron chi connectivity index (χ2n) is 8.84. The average Bonchev–Trinajstić information content (AvgIpc) is 3.27. The Morgan fingerprint density at radius 1 is 1.03 bits per heavy atom. The van der Waals surface area contributed by atoms with Crippen molar-refractivity contribution in [3.8, 4) is 11.1 Å². The first kappa shape index (κ1) is 20.5. The van der Waals surface area contributed by atoms with Gasteiger partial charge in [-0.25, -0.2) is 9.59 Å². The van der Waals surface area contributed by atoms with Crippen LogP contribution in [0.25, 0.3) is 11.1 Å². The van der Waals surface area contributed by atoms with Gasteiger partial charge >= 0.3 is 12.1 Å². The number of alkyl carbamates (subject to hydrolysis) is 1. The lowest BCUT2D eigenvalue weighted by molar-refractivity contribution is -0.148. The molecular formula is C25H26N2O5. The minimum absolute atomic E-state index is 0.00604. The summed E-state index contributed by atoms with van der Waals surface area (Å²) in [6.45, 7) is 1.11. The van der Waals surface area contributed by atoms with Crippen LogP contribution in [0.15, 0.2) is 48.5 Å². The molecule has 2 aromatic rings. The molecule has 1 heterocycles. The third-order valence-corrected chi connectivity index (χ3v) is 6.91. The fourth-order valence-electron chi connectivity index (χ4n) is 5.14. The number of carboxylic acid groups (broad SMARTS) is 1. The van der Waals surface area contributed by atoms with Crippen LogP contribution in [0.1, 0.15) is 36.3 Å². The molecule has 2 amide bonds. The highest BCUT2D eigenvalue weighted by atomic mass is 16.5. The van der Waals surface area contributed by atoms with Crippen molar-refractivity contribution in [3.63, 3.8) is 0 Å². The fourth-order valence-corrected chi connectivity index (χ4v) is 5.14. The van der Waals surface area contributed by atoms with Crippen LogP contribution in [0.4, 0.5) is 4.79 Å².